The minimum Gasteiger partial charge on any atom is -0.445 e. The van der Waals surface area contributed by atoms with Crippen molar-refractivity contribution >= 4 is 29.6 Å². The van der Waals surface area contributed by atoms with Crippen LogP contribution >= 0.6 is 0 Å². The monoisotopic (exact) mass is 493 g/mol. The van der Waals surface area contributed by atoms with Crippen LogP contribution in [0.4, 0.5) is 15.3 Å². The van der Waals surface area contributed by atoms with Gasteiger partial charge >= 0.3 is 12.1 Å². The third-order valence-corrected chi connectivity index (χ3v) is 5.22. The zero-order valence-electron chi connectivity index (χ0n) is 20.9. The lowest BCUT2D eigenvalue weighted by atomic mass is 10.0. The number of carbonyl (C=O) groups excluding carboxylic acids is 4. The summed E-state index contributed by atoms with van der Waals surface area (Å²) in [6.07, 6.45) is 0.268. The van der Waals surface area contributed by atoms with Crippen molar-refractivity contribution in [1.29, 1.82) is 0 Å². The van der Waals surface area contributed by atoms with Gasteiger partial charge in [0.15, 0.2) is 0 Å². The maximum atomic E-state index is 12.9. The molecule has 0 spiro atoms. The van der Waals surface area contributed by atoms with Gasteiger partial charge in [0.25, 0.3) is 0 Å². The third kappa shape index (κ3) is 11.5. The summed E-state index contributed by atoms with van der Waals surface area (Å²) in [5.74, 6) is -0.946. The average molecular weight is 494 g/mol. The summed E-state index contributed by atoms with van der Waals surface area (Å²) in [7, 11) is 3.46. The number of nitrogens with one attached hydrogen (secondary N) is 4. The van der Waals surface area contributed by atoms with E-state index in [1.165, 1.54) is 4.90 Å². The van der Waals surface area contributed by atoms with E-state index in [1.54, 1.807) is 38.4 Å². The highest BCUT2D eigenvalue weighted by molar-refractivity contribution is 5.97. The molecule has 0 saturated carbocycles. The van der Waals surface area contributed by atoms with Crippen molar-refractivity contribution in [3.63, 3.8) is 0 Å². The number of carbonyl (C=O) groups is 4. The lowest BCUT2D eigenvalue weighted by Crippen LogP contribution is -2.51. The van der Waals surface area contributed by atoms with E-state index in [4.69, 9.17) is 16.2 Å². The number of hydrogen-bond acceptors (Lipinski definition) is 7. The van der Waals surface area contributed by atoms with Crippen LogP contribution in [-0.2, 0) is 20.9 Å². The fraction of sp³-hybridized carbons (Fsp3) is 0.565. The van der Waals surface area contributed by atoms with Gasteiger partial charge in [-0.15, -0.1) is 0 Å². The Hall–Kier alpha value is -3.38. The van der Waals surface area contributed by atoms with Crippen LogP contribution in [0, 0.1) is 5.92 Å². The van der Waals surface area contributed by atoms with Crippen molar-refractivity contribution < 1.29 is 23.9 Å². The van der Waals surface area contributed by atoms with Gasteiger partial charge in [-0.25, -0.2) is 9.59 Å². The zero-order valence-corrected chi connectivity index (χ0v) is 20.9. The average Bonchev–Trinajstić information content (AvgIpc) is 2.82. The molecule has 0 aromatic heterocycles. The molecule has 12 heteroatoms. The Balaban J connectivity index is 2.71. The first-order chi connectivity index (χ1) is 16.5. The number of rotatable bonds is 14. The highest BCUT2D eigenvalue weighted by Crippen LogP contribution is 2.13. The maximum Gasteiger partial charge on any atom is 0.409 e. The van der Waals surface area contributed by atoms with Crippen LogP contribution in [0.5, 0.6) is 0 Å². The van der Waals surface area contributed by atoms with E-state index in [-0.39, 0.29) is 25.5 Å². The molecular formula is C23H39N7O5. The molecule has 0 unspecified atom stereocenters. The van der Waals surface area contributed by atoms with Gasteiger partial charge in [-0.1, -0.05) is 26.0 Å². The first-order valence-electron chi connectivity index (χ1n) is 11.6. The Morgan fingerprint density at radius 3 is 2.29 bits per heavy atom. The fourth-order valence-corrected chi connectivity index (χ4v) is 2.90. The molecule has 0 fully saturated rings. The van der Waals surface area contributed by atoms with Crippen LogP contribution < -0.4 is 32.7 Å². The predicted molar refractivity (Wildman–Crippen MR) is 133 cm³/mol. The summed E-state index contributed by atoms with van der Waals surface area (Å²) in [4.78, 5) is 49.6. The molecule has 1 aromatic rings. The summed E-state index contributed by atoms with van der Waals surface area (Å²) in [6.45, 7) is 5.17. The zero-order chi connectivity index (χ0) is 26.4. The lowest BCUT2D eigenvalue weighted by Gasteiger charge is -2.22. The molecule has 0 saturated heterocycles. The molecule has 8 N–H and O–H groups in total. The molecule has 0 heterocycles. The fourth-order valence-electron chi connectivity index (χ4n) is 2.90. The molecule has 0 aliphatic carbocycles. The molecular weight excluding hydrogens is 454 g/mol. The summed E-state index contributed by atoms with van der Waals surface area (Å²) in [6, 6.07) is 4.56. The van der Waals surface area contributed by atoms with Crippen LogP contribution in [0.15, 0.2) is 24.3 Å². The minimum absolute atomic E-state index is 0.0928. The molecule has 196 valence electrons. The SMILES string of the molecule is CNCCN(C)C(=O)OCc1ccc(NC(=O)[C@H](CCCNC(N)=O)NC(=O)[C@@H](N)C(C)C)cc1. The largest absolute Gasteiger partial charge is 0.445 e. The van der Waals surface area contributed by atoms with Gasteiger partial charge in [0, 0.05) is 32.4 Å². The molecule has 2 atom stereocenters. The van der Waals surface area contributed by atoms with Crippen molar-refractivity contribution in [3.05, 3.63) is 29.8 Å². The van der Waals surface area contributed by atoms with Crippen molar-refractivity contribution in [1.82, 2.24) is 20.9 Å². The Morgan fingerprint density at radius 1 is 1.06 bits per heavy atom. The number of nitrogens with zero attached hydrogens (tertiary/aromatic N) is 1. The number of ether oxygens (including phenoxy) is 1. The van der Waals surface area contributed by atoms with Gasteiger partial charge in [-0.05, 0) is 43.5 Å². The minimum atomic E-state index is -0.851. The molecule has 35 heavy (non-hydrogen) atoms. The number of benzene rings is 1. The van der Waals surface area contributed by atoms with E-state index in [0.717, 1.165) is 5.56 Å². The van der Waals surface area contributed by atoms with E-state index in [2.05, 4.69) is 21.3 Å². The van der Waals surface area contributed by atoms with Crippen LogP contribution in [0.2, 0.25) is 0 Å². The van der Waals surface area contributed by atoms with Crippen molar-refractivity contribution in [2.45, 2.75) is 45.4 Å². The lowest BCUT2D eigenvalue weighted by molar-refractivity contribution is -0.128. The van der Waals surface area contributed by atoms with Crippen LogP contribution in [0.3, 0.4) is 0 Å². The second kappa shape index (κ2) is 15.5. The number of hydrogen-bond donors (Lipinski definition) is 6. The van der Waals surface area contributed by atoms with Crippen molar-refractivity contribution in [2.24, 2.45) is 17.4 Å². The number of amides is 5. The Bertz CT molecular complexity index is 832. The molecule has 1 aromatic carbocycles. The first kappa shape index (κ1) is 29.7. The third-order valence-electron chi connectivity index (χ3n) is 5.22. The Labute approximate surface area is 206 Å². The van der Waals surface area contributed by atoms with Gasteiger partial charge in [0.05, 0.1) is 6.04 Å². The standard InChI is InChI=1S/C23H39N7O5/c1-15(2)19(24)21(32)29-18(6-5-11-27-22(25)33)20(31)28-17-9-7-16(8-10-17)14-35-23(34)30(4)13-12-26-3/h7-10,15,18-19,26H,5-6,11-14,24H2,1-4H3,(H,28,31)(H,29,32)(H3,25,27,33)/t18-,19-/m0/s1. The second-order valence-electron chi connectivity index (χ2n) is 8.53. The number of primary amides is 1. The highest BCUT2D eigenvalue weighted by atomic mass is 16.6. The van der Waals surface area contributed by atoms with Gasteiger partial charge < -0.3 is 42.4 Å². The van der Waals surface area contributed by atoms with Gasteiger partial charge in [0.2, 0.25) is 11.8 Å². The highest BCUT2D eigenvalue weighted by Gasteiger charge is 2.25. The summed E-state index contributed by atoms with van der Waals surface area (Å²) in [5, 5.41) is 10.9. The van der Waals surface area contributed by atoms with Gasteiger partial charge in [0.1, 0.15) is 12.6 Å². The summed E-state index contributed by atoms with van der Waals surface area (Å²) >= 11 is 0. The van der Waals surface area contributed by atoms with Crippen LogP contribution in [-0.4, -0.2) is 74.7 Å². The van der Waals surface area contributed by atoms with E-state index >= 15 is 0 Å². The number of likely N-dealkylation sites (N-methyl/N-ethyl adjacent to an activating group) is 2. The van der Waals surface area contributed by atoms with E-state index < -0.39 is 36.0 Å². The van der Waals surface area contributed by atoms with E-state index in [9.17, 15) is 19.2 Å². The van der Waals surface area contributed by atoms with Crippen LogP contribution in [0.25, 0.3) is 0 Å². The Morgan fingerprint density at radius 2 is 1.71 bits per heavy atom. The molecule has 5 amide bonds. The van der Waals surface area contributed by atoms with Gasteiger partial charge in [-0.2, -0.15) is 0 Å². The number of anilines is 1. The molecule has 0 bridgehead atoms. The number of nitrogens with two attached hydrogens (primary N) is 2. The Kier molecular flexibility index (Phi) is 13.1. The predicted octanol–water partition coefficient (Wildman–Crippen LogP) is 0.330. The number of urea groups is 1. The van der Waals surface area contributed by atoms with Crippen molar-refractivity contribution in [3.8, 4) is 0 Å². The van der Waals surface area contributed by atoms with Gasteiger partial charge in [-0.3, -0.25) is 9.59 Å². The van der Waals surface area contributed by atoms with Crippen LogP contribution in [0.1, 0.15) is 32.3 Å². The van der Waals surface area contributed by atoms with E-state index in [0.29, 0.717) is 25.2 Å². The summed E-state index contributed by atoms with van der Waals surface area (Å²) in [5.41, 5.74) is 12.2. The maximum absolute atomic E-state index is 12.9. The second-order valence-corrected chi connectivity index (χ2v) is 8.53. The first-order valence-corrected chi connectivity index (χ1v) is 11.6. The topological polar surface area (TPSA) is 181 Å². The molecule has 12 nitrogen and oxygen atoms in total. The quantitative estimate of drug-likeness (QED) is 0.202. The van der Waals surface area contributed by atoms with Crippen molar-refractivity contribution in [2.75, 3.05) is 39.0 Å². The normalized spacial score (nSPS) is 12.4. The van der Waals surface area contributed by atoms with E-state index in [1.807, 2.05) is 13.8 Å². The smallest absolute Gasteiger partial charge is 0.409 e. The molecule has 0 aliphatic heterocycles. The summed E-state index contributed by atoms with van der Waals surface area (Å²) < 4.78 is 5.28. The molecule has 0 radical (unpaired) electrons. The molecule has 0 aliphatic rings. The molecule has 1 rings (SSSR count).